The summed E-state index contributed by atoms with van der Waals surface area (Å²) in [7, 11) is -2.10. The fourth-order valence-corrected chi connectivity index (χ4v) is 3.79. The van der Waals surface area contributed by atoms with Crippen LogP contribution in [0.1, 0.15) is 11.1 Å². The minimum Gasteiger partial charge on any atom is -0.493 e. The normalized spacial score (nSPS) is 17.2. The highest BCUT2D eigenvalue weighted by Gasteiger charge is 2.24. The Kier molecular flexibility index (Phi) is 4.28. The van der Waals surface area contributed by atoms with Crippen LogP contribution < -0.4 is 14.6 Å². The Balaban J connectivity index is 1.84. The van der Waals surface area contributed by atoms with E-state index in [1.807, 2.05) is 24.3 Å². The van der Waals surface area contributed by atoms with E-state index in [2.05, 4.69) is 0 Å². The molecule has 1 aliphatic heterocycles. The summed E-state index contributed by atoms with van der Waals surface area (Å²) >= 11 is 0. The second-order valence-electron chi connectivity index (χ2n) is 5.69. The van der Waals surface area contributed by atoms with E-state index in [1.54, 1.807) is 25.3 Å². The smallest absolute Gasteiger partial charge is 0.238 e. The molecule has 1 atom stereocenters. The summed E-state index contributed by atoms with van der Waals surface area (Å²) < 4.78 is 34.6. The fourth-order valence-electron chi connectivity index (χ4n) is 3.01. The number of primary sulfonamides is 1. The van der Waals surface area contributed by atoms with Gasteiger partial charge in [-0.25, -0.2) is 13.6 Å². The lowest BCUT2D eigenvalue weighted by molar-refractivity contribution is 0.211. The average molecular weight is 333 g/mol. The number of methoxy groups -OCH3 is 1. The summed E-state index contributed by atoms with van der Waals surface area (Å²) in [4.78, 5) is 0.191. The third kappa shape index (κ3) is 3.33. The standard InChI is InChI=1S/C17H19NO4S/c1-21-15-7-4-6-14-10-12(11-22-17(14)15)9-13-5-2-3-8-16(13)23(18,19)20/h2-8,12H,9-11H2,1H3,(H2,18,19,20). The van der Waals surface area contributed by atoms with Crippen LogP contribution in [-0.2, 0) is 22.9 Å². The number of nitrogens with two attached hydrogens (primary N) is 1. The van der Waals surface area contributed by atoms with E-state index in [0.29, 0.717) is 13.0 Å². The van der Waals surface area contributed by atoms with Crippen molar-refractivity contribution in [1.82, 2.24) is 0 Å². The predicted molar refractivity (Wildman–Crippen MR) is 87.2 cm³/mol. The van der Waals surface area contributed by atoms with Crippen molar-refractivity contribution in [1.29, 1.82) is 0 Å². The van der Waals surface area contributed by atoms with Gasteiger partial charge in [-0.3, -0.25) is 0 Å². The first-order valence-corrected chi connectivity index (χ1v) is 8.93. The Morgan fingerprint density at radius 2 is 2.00 bits per heavy atom. The van der Waals surface area contributed by atoms with E-state index in [-0.39, 0.29) is 10.8 Å². The van der Waals surface area contributed by atoms with Gasteiger partial charge in [-0.05, 0) is 36.1 Å². The highest BCUT2D eigenvalue weighted by molar-refractivity contribution is 7.89. The molecule has 3 rings (SSSR count). The number of hydrogen-bond donors (Lipinski definition) is 1. The molecule has 0 aromatic heterocycles. The first kappa shape index (κ1) is 15.8. The maximum atomic E-state index is 11.7. The van der Waals surface area contributed by atoms with Crippen molar-refractivity contribution in [3.8, 4) is 11.5 Å². The van der Waals surface area contributed by atoms with Crippen molar-refractivity contribution in [3.63, 3.8) is 0 Å². The molecular weight excluding hydrogens is 314 g/mol. The third-order valence-electron chi connectivity index (χ3n) is 4.04. The molecule has 0 radical (unpaired) electrons. The van der Waals surface area contributed by atoms with Gasteiger partial charge in [0.15, 0.2) is 11.5 Å². The van der Waals surface area contributed by atoms with Crippen LogP contribution in [0.15, 0.2) is 47.4 Å². The predicted octanol–water partition coefficient (Wildman–Crippen LogP) is 2.14. The van der Waals surface area contributed by atoms with Gasteiger partial charge < -0.3 is 9.47 Å². The minimum atomic E-state index is -3.72. The number of sulfonamides is 1. The molecule has 5 nitrogen and oxygen atoms in total. The summed E-state index contributed by atoms with van der Waals surface area (Å²) in [6.07, 6.45) is 1.41. The van der Waals surface area contributed by atoms with Gasteiger partial charge >= 0.3 is 0 Å². The fraction of sp³-hybridized carbons (Fsp3) is 0.294. The molecule has 0 bridgehead atoms. The molecule has 2 aromatic rings. The van der Waals surface area contributed by atoms with Crippen molar-refractivity contribution in [3.05, 3.63) is 53.6 Å². The molecule has 122 valence electrons. The van der Waals surface area contributed by atoms with Crippen LogP contribution in [0.4, 0.5) is 0 Å². The van der Waals surface area contributed by atoms with Crippen LogP contribution >= 0.6 is 0 Å². The second kappa shape index (κ2) is 6.22. The van der Waals surface area contributed by atoms with Crippen LogP contribution in [0.5, 0.6) is 11.5 Å². The zero-order valence-electron chi connectivity index (χ0n) is 12.9. The van der Waals surface area contributed by atoms with Crippen molar-refractivity contribution in [2.24, 2.45) is 11.1 Å². The highest BCUT2D eigenvalue weighted by Crippen LogP contribution is 2.37. The lowest BCUT2D eigenvalue weighted by Crippen LogP contribution is -2.24. The molecule has 2 aromatic carbocycles. The highest BCUT2D eigenvalue weighted by atomic mass is 32.2. The second-order valence-corrected chi connectivity index (χ2v) is 7.22. The van der Waals surface area contributed by atoms with Crippen LogP contribution in [0.3, 0.4) is 0 Å². The summed E-state index contributed by atoms with van der Waals surface area (Å²) in [5.41, 5.74) is 1.81. The molecule has 1 unspecified atom stereocenters. The molecule has 0 fully saturated rings. The molecule has 2 N–H and O–H groups in total. The zero-order chi connectivity index (χ0) is 16.4. The van der Waals surface area contributed by atoms with E-state index in [0.717, 1.165) is 29.0 Å². The Labute approximate surface area is 136 Å². The molecule has 0 spiro atoms. The van der Waals surface area contributed by atoms with Gasteiger partial charge in [0, 0.05) is 5.92 Å². The summed E-state index contributed by atoms with van der Waals surface area (Å²) in [5.74, 6) is 1.70. The Morgan fingerprint density at radius 1 is 1.22 bits per heavy atom. The maximum absolute atomic E-state index is 11.7. The Morgan fingerprint density at radius 3 is 2.74 bits per heavy atom. The largest absolute Gasteiger partial charge is 0.493 e. The van der Waals surface area contributed by atoms with E-state index in [1.165, 1.54) is 0 Å². The number of fused-ring (bicyclic) bond motifs is 1. The quantitative estimate of drug-likeness (QED) is 0.930. The zero-order valence-corrected chi connectivity index (χ0v) is 13.7. The first-order chi connectivity index (χ1) is 11.0. The third-order valence-corrected chi connectivity index (χ3v) is 5.05. The molecule has 0 amide bonds. The first-order valence-electron chi connectivity index (χ1n) is 7.38. The minimum absolute atomic E-state index is 0.191. The maximum Gasteiger partial charge on any atom is 0.238 e. The van der Waals surface area contributed by atoms with E-state index < -0.39 is 10.0 Å². The SMILES string of the molecule is COc1cccc2c1OCC(Cc1ccccc1S(N)(=O)=O)C2. The van der Waals surface area contributed by atoms with Gasteiger partial charge in [0.05, 0.1) is 18.6 Å². The molecule has 1 heterocycles. The lowest BCUT2D eigenvalue weighted by atomic mass is 9.91. The van der Waals surface area contributed by atoms with Crippen LogP contribution in [-0.4, -0.2) is 22.1 Å². The topological polar surface area (TPSA) is 78.6 Å². The van der Waals surface area contributed by atoms with Gasteiger partial charge in [-0.15, -0.1) is 0 Å². The van der Waals surface area contributed by atoms with Crippen molar-refractivity contribution in [2.45, 2.75) is 17.7 Å². The number of rotatable bonds is 4. The van der Waals surface area contributed by atoms with Crippen molar-refractivity contribution < 1.29 is 17.9 Å². The number of para-hydroxylation sites is 1. The van der Waals surface area contributed by atoms with E-state index >= 15 is 0 Å². The van der Waals surface area contributed by atoms with Gasteiger partial charge in [-0.2, -0.15) is 0 Å². The van der Waals surface area contributed by atoms with E-state index in [9.17, 15) is 8.42 Å². The Hall–Kier alpha value is -2.05. The number of benzene rings is 2. The van der Waals surface area contributed by atoms with Crippen LogP contribution in [0.2, 0.25) is 0 Å². The average Bonchev–Trinajstić information content (AvgIpc) is 2.53. The molecule has 0 saturated carbocycles. The molecule has 23 heavy (non-hydrogen) atoms. The molecule has 0 saturated heterocycles. The lowest BCUT2D eigenvalue weighted by Gasteiger charge is -2.27. The van der Waals surface area contributed by atoms with Gasteiger partial charge in [0.25, 0.3) is 0 Å². The monoisotopic (exact) mass is 333 g/mol. The molecule has 0 aliphatic carbocycles. The molecule has 6 heteroatoms. The number of hydrogen-bond acceptors (Lipinski definition) is 4. The van der Waals surface area contributed by atoms with Crippen LogP contribution in [0.25, 0.3) is 0 Å². The molecule has 1 aliphatic rings. The summed E-state index contributed by atoms with van der Waals surface area (Å²) in [6.45, 7) is 0.520. The van der Waals surface area contributed by atoms with Gasteiger partial charge in [0.1, 0.15) is 0 Å². The molecular formula is C17H19NO4S. The van der Waals surface area contributed by atoms with Gasteiger partial charge in [0.2, 0.25) is 10.0 Å². The number of ether oxygens (including phenoxy) is 2. The van der Waals surface area contributed by atoms with E-state index in [4.69, 9.17) is 14.6 Å². The summed E-state index contributed by atoms with van der Waals surface area (Å²) in [6, 6.07) is 12.7. The van der Waals surface area contributed by atoms with Crippen LogP contribution in [0, 0.1) is 5.92 Å². The summed E-state index contributed by atoms with van der Waals surface area (Å²) in [5, 5.41) is 5.30. The van der Waals surface area contributed by atoms with Crippen molar-refractivity contribution in [2.75, 3.05) is 13.7 Å². The Bertz CT molecular complexity index is 817. The van der Waals surface area contributed by atoms with Crippen molar-refractivity contribution >= 4 is 10.0 Å². The van der Waals surface area contributed by atoms with Gasteiger partial charge in [-0.1, -0.05) is 30.3 Å².